The van der Waals surface area contributed by atoms with Crippen LogP contribution in [0.1, 0.15) is 11.1 Å². The summed E-state index contributed by atoms with van der Waals surface area (Å²) in [7, 11) is 3.34. The molecule has 8 heteroatoms. The lowest BCUT2D eigenvalue weighted by atomic mass is 10.1. The fraction of sp³-hybridized carbons (Fsp3) is 0.368. The highest BCUT2D eigenvalue weighted by molar-refractivity contribution is 14.0. The van der Waals surface area contributed by atoms with E-state index in [-0.39, 0.29) is 29.8 Å². The Bertz CT molecular complexity index is 698. The number of guanidine groups is 1. The fourth-order valence-corrected chi connectivity index (χ4v) is 2.25. The Kier molecular flexibility index (Phi) is 11.3. The molecule has 6 nitrogen and oxygen atoms in total. The summed E-state index contributed by atoms with van der Waals surface area (Å²) in [5, 5.41) is 6.43. The zero-order valence-corrected chi connectivity index (χ0v) is 17.9. The number of benzene rings is 1. The van der Waals surface area contributed by atoms with Crippen molar-refractivity contribution in [1.29, 1.82) is 0 Å². The third-order valence-corrected chi connectivity index (χ3v) is 3.61. The molecule has 148 valence electrons. The van der Waals surface area contributed by atoms with Gasteiger partial charge >= 0.3 is 0 Å². The fourth-order valence-electron chi connectivity index (χ4n) is 2.25. The Hall–Kier alpha value is -1.94. The van der Waals surface area contributed by atoms with E-state index in [4.69, 9.17) is 9.47 Å². The Labute approximate surface area is 176 Å². The molecule has 1 aromatic heterocycles. The molecule has 0 saturated carbocycles. The van der Waals surface area contributed by atoms with Gasteiger partial charge in [-0.1, -0.05) is 18.2 Å². The molecule has 0 atom stereocenters. The lowest BCUT2D eigenvalue weighted by Gasteiger charge is -2.12. The molecule has 27 heavy (non-hydrogen) atoms. The van der Waals surface area contributed by atoms with Gasteiger partial charge in [-0.15, -0.1) is 24.0 Å². The van der Waals surface area contributed by atoms with Crippen LogP contribution in [0.25, 0.3) is 0 Å². The first-order chi connectivity index (χ1) is 12.7. The number of hydrogen-bond acceptors (Lipinski definition) is 4. The Morgan fingerprint density at radius 2 is 2.00 bits per heavy atom. The molecule has 2 aromatic rings. The number of nitrogens with zero attached hydrogens (tertiary/aromatic N) is 2. The van der Waals surface area contributed by atoms with E-state index in [1.165, 1.54) is 6.07 Å². The van der Waals surface area contributed by atoms with Gasteiger partial charge in [0, 0.05) is 39.5 Å². The zero-order chi connectivity index (χ0) is 18.6. The minimum Gasteiger partial charge on any atom is -0.475 e. The van der Waals surface area contributed by atoms with E-state index in [0.717, 1.165) is 11.1 Å². The number of nitrogens with one attached hydrogen (secondary N) is 2. The van der Waals surface area contributed by atoms with Crippen molar-refractivity contribution in [3.8, 4) is 5.88 Å². The number of pyridine rings is 1. The van der Waals surface area contributed by atoms with Gasteiger partial charge in [-0.2, -0.15) is 0 Å². The van der Waals surface area contributed by atoms with Gasteiger partial charge in [0.1, 0.15) is 12.4 Å². The number of halogens is 2. The maximum Gasteiger partial charge on any atom is 0.213 e. The predicted molar refractivity (Wildman–Crippen MR) is 115 cm³/mol. The van der Waals surface area contributed by atoms with E-state index in [1.54, 1.807) is 32.5 Å². The number of ether oxygens (including phenoxy) is 2. The molecule has 0 radical (unpaired) electrons. The van der Waals surface area contributed by atoms with Crippen LogP contribution in [0.3, 0.4) is 0 Å². The smallest absolute Gasteiger partial charge is 0.213 e. The second-order valence-corrected chi connectivity index (χ2v) is 5.58. The Morgan fingerprint density at radius 3 is 2.67 bits per heavy atom. The van der Waals surface area contributed by atoms with Crippen molar-refractivity contribution < 1.29 is 13.9 Å². The summed E-state index contributed by atoms with van der Waals surface area (Å²) in [6.45, 7) is 2.25. The summed E-state index contributed by atoms with van der Waals surface area (Å²) in [5.41, 5.74) is 1.96. The van der Waals surface area contributed by atoms with Crippen molar-refractivity contribution in [2.45, 2.75) is 13.0 Å². The van der Waals surface area contributed by atoms with E-state index < -0.39 is 0 Å². The molecular weight excluding hydrogens is 462 g/mol. The van der Waals surface area contributed by atoms with Crippen LogP contribution in [0.5, 0.6) is 5.88 Å². The van der Waals surface area contributed by atoms with Crippen LogP contribution in [0.4, 0.5) is 4.39 Å². The summed E-state index contributed by atoms with van der Waals surface area (Å²) in [4.78, 5) is 8.43. The SMILES string of the molecule is CN=C(NCCc1cccc(F)c1)NCc1ccc(OCCOC)nc1.I. The highest BCUT2D eigenvalue weighted by Crippen LogP contribution is 2.07. The van der Waals surface area contributed by atoms with Gasteiger partial charge in [-0.05, 0) is 29.7 Å². The van der Waals surface area contributed by atoms with Crippen molar-refractivity contribution in [3.05, 3.63) is 59.5 Å². The van der Waals surface area contributed by atoms with Crippen LogP contribution in [0.2, 0.25) is 0 Å². The monoisotopic (exact) mass is 488 g/mol. The maximum atomic E-state index is 13.2. The van der Waals surface area contributed by atoms with E-state index in [2.05, 4.69) is 20.6 Å². The van der Waals surface area contributed by atoms with Crippen molar-refractivity contribution in [2.75, 3.05) is 33.9 Å². The highest BCUT2D eigenvalue weighted by atomic mass is 127. The molecular formula is C19H26FIN4O2. The first-order valence-corrected chi connectivity index (χ1v) is 8.47. The van der Waals surface area contributed by atoms with Gasteiger partial charge in [0.25, 0.3) is 0 Å². The van der Waals surface area contributed by atoms with Crippen molar-refractivity contribution in [1.82, 2.24) is 15.6 Å². The molecule has 1 aromatic carbocycles. The lowest BCUT2D eigenvalue weighted by molar-refractivity contribution is 0.143. The highest BCUT2D eigenvalue weighted by Gasteiger charge is 2.01. The number of hydrogen-bond donors (Lipinski definition) is 2. The number of methoxy groups -OCH3 is 1. The molecule has 0 unspecified atom stereocenters. The van der Waals surface area contributed by atoms with Gasteiger partial charge < -0.3 is 20.1 Å². The molecule has 0 aliphatic heterocycles. The average molecular weight is 488 g/mol. The van der Waals surface area contributed by atoms with Gasteiger partial charge in [0.2, 0.25) is 5.88 Å². The molecule has 1 heterocycles. The van der Waals surface area contributed by atoms with E-state index in [9.17, 15) is 4.39 Å². The molecule has 0 saturated heterocycles. The van der Waals surface area contributed by atoms with Gasteiger partial charge in [-0.25, -0.2) is 9.37 Å². The van der Waals surface area contributed by atoms with Crippen molar-refractivity contribution in [2.24, 2.45) is 4.99 Å². The zero-order valence-electron chi connectivity index (χ0n) is 15.6. The Morgan fingerprint density at radius 1 is 1.15 bits per heavy atom. The summed E-state index contributed by atoms with van der Waals surface area (Å²) in [6.07, 6.45) is 2.47. The topological polar surface area (TPSA) is 67.8 Å². The quantitative estimate of drug-likeness (QED) is 0.246. The summed E-state index contributed by atoms with van der Waals surface area (Å²) >= 11 is 0. The largest absolute Gasteiger partial charge is 0.475 e. The molecule has 0 fully saturated rings. The Balaban J connectivity index is 0.00000364. The van der Waals surface area contributed by atoms with Crippen LogP contribution >= 0.6 is 24.0 Å². The number of rotatable bonds is 9. The van der Waals surface area contributed by atoms with Crippen LogP contribution in [-0.2, 0) is 17.7 Å². The first kappa shape index (κ1) is 23.1. The van der Waals surface area contributed by atoms with Crippen molar-refractivity contribution in [3.63, 3.8) is 0 Å². The van der Waals surface area contributed by atoms with Crippen LogP contribution < -0.4 is 15.4 Å². The normalized spacial score (nSPS) is 10.9. The van der Waals surface area contributed by atoms with Gasteiger partial charge in [0.05, 0.1) is 6.61 Å². The minimum absolute atomic E-state index is 0. The van der Waals surface area contributed by atoms with Crippen molar-refractivity contribution >= 4 is 29.9 Å². The summed E-state index contributed by atoms with van der Waals surface area (Å²) in [6, 6.07) is 10.4. The second kappa shape index (κ2) is 13.3. The van der Waals surface area contributed by atoms with Gasteiger partial charge in [0.15, 0.2) is 5.96 Å². The number of aromatic nitrogens is 1. The molecule has 2 N–H and O–H groups in total. The van der Waals surface area contributed by atoms with Gasteiger partial charge in [-0.3, -0.25) is 4.99 Å². The standard InChI is InChI=1S/C19H25FN4O2.HI/c1-21-19(22-9-8-15-4-3-5-17(20)12-15)24-14-16-6-7-18(23-13-16)26-11-10-25-2;/h3-7,12-13H,8-11,14H2,1-2H3,(H2,21,22,24);1H. The molecule has 0 aliphatic carbocycles. The lowest BCUT2D eigenvalue weighted by Crippen LogP contribution is -2.37. The second-order valence-electron chi connectivity index (χ2n) is 5.58. The molecule has 0 amide bonds. The van der Waals surface area contributed by atoms with E-state index in [0.29, 0.717) is 44.6 Å². The van der Waals surface area contributed by atoms with Crippen LogP contribution in [-0.4, -0.2) is 44.9 Å². The molecule has 0 aliphatic rings. The molecule has 2 rings (SSSR count). The average Bonchev–Trinajstić information content (AvgIpc) is 2.66. The third-order valence-electron chi connectivity index (χ3n) is 3.61. The maximum absolute atomic E-state index is 13.2. The number of aliphatic imine (C=N–C) groups is 1. The third kappa shape index (κ3) is 9.00. The van der Waals surface area contributed by atoms with E-state index >= 15 is 0 Å². The van der Waals surface area contributed by atoms with E-state index in [1.807, 2.05) is 18.2 Å². The first-order valence-electron chi connectivity index (χ1n) is 8.47. The minimum atomic E-state index is -0.216. The van der Waals surface area contributed by atoms with Crippen LogP contribution in [0.15, 0.2) is 47.6 Å². The predicted octanol–water partition coefficient (Wildman–Crippen LogP) is 2.77. The summed E-state index contributed by atoms with van der Waals surface area (Å²) in [5.74, 6) is 1.04. The molecule has 0 spiro atoms. The summed E-state index contributed by atoms with van der Waals surface area (Å²) < 4.78 is 23.5. The molecule has 0 bridgehead atoms. The van der Waals surface area contributed by atoms with Crippen LogP contribution in [0, 0.1) is 5.82 Å².